The van der Waals surface area contributed by atoms with Crippen LogP contribution in [-0.4, -0.2) is 40.0 Å². The standard InChI is InChI=1S/C16H17N5O3/c1-2-4-12(22)18-10-5-3-8-21(9-10)14-13-11(6-7-17-14)19-15(23)16(24)20-13/h6-7,10H,3,5,8-9H2,1H3,(H,18,22)(H,19,23)(H,20,24)/t10-/m0/s1. The van der Waals surface area contributed by atoms with Crippen LogP contribution in [-0.2, 0) is 4.79 Å². The molecule has 0 unspecified atom stereocenters. The molecule has 1 amide bonds. The molecule has 1 aliphatic rings. The number of fused-ring (bicyclic) bond motifs is 1. The van der Waals surface area contributed by atoms with E-state index in [0.29, 0.717) is 23.4 Å². The highest BCUT2D eigenvalue weighted by atomic mass is 16.2. The largest absolute Gasteiger partial charge is 0.353 e. The normalized spacial score (nSPS) is 17.2. The number of anilines is 1. The Labute approximate surface area is 137 Å². The van der Waals surface area contributed by atoms with E-state index in [2.05, 4.69) is 32.1 Å². The van der Waals surface area contributed by atoms with Gasteiger partial charge in [0.05, 0.1) is 5.52 Å². The smallest absolute Gasteiger partial charge is 0.314 e. The van der Waals surface area contributed by atoms with Crippen molar-refractivity contribution < 1.29 is 4.79 Å². The molecule has 8 nitrogen and oxygen atoms in total. The Morgan fingerprint density at radius 1 is 1.38 bits per heavy atom. The number of aromatic nitrogens is 3. The zero-order chi connectivity index (χ0) is 17.1. The zero-order valence-electron chi connectivity index (χ0n) is 13.2. The van der Waals surface area contributed by atoms with Gasteiger partial charge in [0, 0.05) is 25.3 Å². The molecule has 0 spiro atoms. The summed E-state index contributed by atoms with van der Waals surface area (Å²) in [6.45, 7) is 2.92. The summed E-state index contributed by atoms with van der Waals surface area (Å²) >= 11 is 0. The number of nitrogens with zero attached hydrogens (tertiary/aromatic N) is 2. The van der Waals surface area contributed by atoms with Crippen LogP contribution in [0.4, 0.5) is 5.82 Å². The van der Waals surface area contributed by atoms with Gasteiger partial charge in [-0.15, -0.1) is 0 Å². The Balaban J connectivity index is 1.90. The van der Waals surface area contributed by atoms with Crippen molar-refractivity contribution in [1.82, 2.24) is 20.3 Å². The Kier molecular flexibility index (Phi) is 4.33. The molecular formula is C16H17N5O3. The third kappa shape index (κ3) is 3.15. The number of carbonyl (C=O) groups excluding carboxylic acids is 1. The lowest BCUT2D eigenvalue weighted by molar-refractivity contribution is -0.116. The van der Waals surface area contributed by atoms with Crippen LogP contribution in [0, 0.1) is 11.8 Å². The fourth-order valence-corrected chi connectivity index (χ4v) is 2.89. The summed E-state index contributed by atoms with van der Waals surface area (Å²) in [7, 11) is 0. The minimum absolute atomic E-state index is 0.0429. The first-order valence-electron chi connectivity index (χ1n) is 7.68. The number of nitrogens with one attached hydrogen (secondary N) is 3. The van der Waals surface area contributed by atoms with E-state index in [-0.39, 0.29) is 11.9 Å². The summed E-state index contributed by atoms with van der Waals surface area (Å²) in [4.78, 5) is 46.2. The highest BCUT2D eigenvalue weighted by molar-refractivity contribution is 5.93. The number of hydrogen-bond acceptors (Lipinski definition) is 5. The predicted octanol–water partition coefficient (Wildman–Crippen LogP) is -0.280. The second-order valence-corrected chi connectivity index (χ2v) is 5.60. The van der Waals surface area contributed by atoms with Crippen molar-refractivity contribution in [1.29, 1.82) is 0 Å². The first kappa shape index (κ1) is 15.8. The first-order chi connectivity index (χ1) is 11.6. The molecule has 2 aromatic heterocycles. The first-order valence-corrected chi connectivity index (χ1v) is 7.68. The molecule has 0 aromatic carbocycles. The number of hydrogen-bond donors (Lipinski definition) is 3. The zero-order valence-corrected chi connectivity index (χ0v) is 13.2. The second kappa shape index (κ2) is 6.58. The van der Waals surface area contributed by atoms with Crippen LogP contribution < -0.4 is 21.3 Å². The number of aromatic amines is 2. The van der Waals surface area contributed by atoms with Crippen LogP contribution >= 0.6 is 0 Å². The quantitative estimate of drug-likeness (QED) is 0.519. The summed E-state index contributed by atoms with van der Waals surface area (Å²) < 4.78 is 0. The molecule has 124 valence electrons. The number of pyridine rings is 1. The van der Waals surface area contributed by atoms with Gasteiger partial charge in [0.1, 0.15) is 5.52 Å². The van der Waals surface area contributed by atoms with Crippen molar-refractivity contribution in [2.45, 2.75) is 25.8 Å². The highest BCUT2D eigenvalue weighted by Crippen LogP contribution is 2.23. The molecule has 0 bridgehead atoms. The molecule has 0 saturated carbocycles. The van der Waals surface area contributed by atoms with Crippen molar-refractivity contribution in [3.05, 3.63) is 33.0 Å². The number of H-pyrrole nitrogens is 2. The molecule has 0 radical (unpaired) electrons. The molecule has 2 aromatic rings. The van der Waals surface area contributed by atoms with Crippen molar-refractivity contribution in [3.8, 4) is 11.8 Å². The molecule has 3 rings (SSSR count). The van der Waals surface area contributed by atoms with Gasteiger partial charge < -0.3 is 20.2 Å². The van der Waals surface area contributed by atoms with Gasteiger partial charge in [-0.1, -0.05) is 5.92 Å². The minimum Gasteiger partial charge on any atom is -0.353 e. The second-order valence-electron chi connectivity index (χ2n) is 5.60. The van der Waals surface area contributed by atoms with Gasteiger partial charge in [-0.25, -0.2) is 4.98 Å². The molecule has 1 atom stereocenters. The van der Waals surface area contributed by atoms with E-state index >= 15 is 0 Å². The molecule has 3 N–H and O–H groups in total. The van der Waals surface area contributed by atoms with E-state index in [4.69, 9.17) is 0 Å². The van der Waals surface area contributed by atoms with E-state index in [9.17, 15) is 14.4 Å². The molecule has 1 saturated heterocycles. The predicted molar refractivity (Wildman–Crippen MR) is 89.8 cm³/mol. The molecule has 0 aliphatic carbocycles. The van der Waals surface area contributed by atoms with E-state index in [1.54, 1.807) is 19.2 Å². The average Bonchev–Trinajstić information content (AvgIpc) is 2.56. The number of rotatable bonds is 2. The van der Waals surface area contributed by atoms with Crippen LogP contribution in [0.1, 0.15) is 19.8 Å². The van der Waals surface area contributed by atoms with Crippen molar-refractivity contribution in [2.24, 2.45) is 0 Å². The van der Waals surface area contributed by atoms with Crippen molar-refractivity contribution >= 4 is 22.8 Å². The van der Waals surface area contributed by atoms with Crippen LogP contribution in [0.25, 0.3) is 11.0 Å². The van der Waals surface area contributed by atoms with Crippen LogP contribution in [0.5, 0.6) is 0 Å². The van der Waals surface area contributed by atoms with Gasteiger partial charge in [-0.2, -0.15) is 0 Å². The fourth-order valence-electron chi connectivity index (χ4n) is 2.89. The average molecular weight is 327 g/mol. The summed E-state index contributed by atoms with van der Waals surface area (Å²) in [6, 6.07) is 1.59. The molecule has 1 fully saturated rings. The lowest BCUT2D eigenvalue weighted by Crippen LogP contribution is -2.48. The van der Waals surface area contributed by atoms with E-state index in [0.717, 1.165) is 19.4 Å². The third-order valence-corrected chi connectivity index (χ3v) is 3.92. The van der Waals surface area contributed by atoms with Crippen LogP contribution in [0.2, 0.25) is 0 Å². The van der Waals surface area contributed by atoms with E-state index < -0.39 is 11.1 Å². The van der Waals surface area contributed by atoms with Gasteiger partial charge in [-0.05, 0) is 31.8 Å². The number of amides is 1. The number of piperidine rings is 1. The monoisotopic (exact) mass is 327 g/mol. The van der Waals surface area contributed by atoms with Crippen LogP contribution in [0.15, 0.2) is 21.9 Å². The summed E-state index contributed by atoms with van der Waals surface area (Å²) in [6.07, 6.45) is 3.30. The van der Waals surface area contributed by atoms with E-state index in [1.807, 2.05) is 4.90 Å². The van der Waals surface area contributed by atoms with Gasteiger partial charge in [0.15, 0.2) is 5.82 Å². The van der Waals surface area contributed by atoms with E-state index in [1.165, 1.54) is 0 Å². The lowest BCUT2D eigenvalue weighted by Gasteiger charge is -2.33. The maximum absolute atomic E-state index is 11.6. The fraction of sp³-hybridized carbons (Fsp3) is 0.375. The Morgan fingerprint density at radius 3 is 2.96 bits per heavy atom. The topological polar surface area (TPSA) is 111 Å². The molecule has 1 aliphatic heterocycles. The van der Waals surface area contributed by atoms with Gasteiger partial charge in [0.25, 0.3) is 5.91 Å². The summed E-state index contributed by atoms with van der Waals surface area (Å²) in [5, 5.41) is 2.88. The highest BCUT2D eigenvalue weighted by Gasteiger charge is 2.23. The molecule has 8 heteroatoms. The summed E-state index contributed by atoms with van der Waals surface area (Å²) in [5.74, 6) is 5.33. The molecule has 3 heterocycles. The van der Waals surface area contributed by atoms with Crippen LogP contribution in [0.3, 0.4) is 0 Å². The molecule has 24 heavy (non-hydrogen) atoms. The van der Waals surface area contributed by atoms with Crippen molar-refractivity contribution in [3.63, 3.8) is 0 Å². The number of carbonyl (C=O) groups is 1. The minimum atomic E-state index is -0.711. The summed E-state index contributed by atoms with van der Waals surface area (Å²) in [5.41, 5.74) is -0.395. The van der Waals surface area contributed by atoms with Crippen molar-refractivity contribution in [2.75, 3.05) is 18.0 Å². The van der Waals surface area contributed by atoms with Gasteiger partial charge in [-0.3, -0.25) is 14.4 Å². The maximum Gasteiger partial charge on any atom is 0.314 e. The van der Waals surface area contributed by atoms with Gasteiger partial charge >= 0.3 is 11.1 Å². The molecular weight excluding hydrogens is 310 g/mol. The third-order valence-electron chi connectivity index (χ3n) is 3.92. The lowest BCUT2D eigenvalue weighted by atomic mass is 10.1. The van der Waals surface area contributed by atoms with Gasteiger partial charge in [0.2, 0.25) is 0 Å². The Bertz CT molecular complexity index is 950. The SMILES string of the molecule is CC#CC(=O)N[C@H]1CCCN(c2nccc3[nH]c(=O)c(=O)[nH]c23)C1. The Hall–Kier alpha value is -3.08. The Morgan fingerprint density at radius 2 is 2.17 bits per heavy atom. The maximum atomic E-state index is 11.6.